The number of halogens is 1. The van der Waals surface area contributed by atoms with Crippen molar-refractivity contribution in [2.75, 3.05) is 38.0 Å². The summed E-state index contributed by atoms with van der Waals surface area (Å²) in [6.45, 7) is 2.21. The fraction of sp³-hybridized carbons (Fsp3) is 0.185. The normalized spacial score (nSPS) is 14.0. The van der Waals surface area contributed by atoms with E-state index in [4.69, 9.17) is 0 Å². The monoisotopic (exact) mass is 484 g/mol. The smallest absolute Gasteiger partial charge is 0.293 e. The van der Waals surface area contributed by atoms with E-state index in [2.05, 4.69) is 15.4 Å². The summed E-state index contributed by atoms with van der Waals surface area (Å²) in [4.78, 5) is 34.0. The molecule has 0 atom stereocenters. The highest BCUT2D eigenvalue weighted by Crippen LogP contribution is 2.22. The van der Waals surface area contributed by atoms with Crippen LogP contribution in [-0.2, 0) is 4.79 Å². The maximum absolute atomic E-state index is 13.3. The van der Waals surface area contributed by atoms with E-state index in [9.17, 15) is 14.0 Å². The molecule has 0 saturated carbocycles. The Balaban J connectivity index is 1.25. The van der Waals surface area contributed by atoms with E-state index < -0.39 is 0 Å². The average Bonchev–Trinajstić information content (AvgIpc) is 3.37. The number of piperazine rings is 1. The number of carbonyl (C=O) groups is 2. The van der Waals surface area contributed by atoms with E-state index in [0.29, 0.717) is 37.7 Å². The van der Waals surface area contributed by atoms with E-state index in [0.717, 1.165) is 11.3 Å². The first-order chi connectivity index (χ1) is 17.6. The highest BCUT2D eigenvalue weighted by molar-refractivity contribution is 5.92. The second-order valence-corrected chi connectivity index (χ2v) is 8.50. The highest BCUT2D eigenvalue weighted by Gasteiger charge is 2.27. The lowest BCUT2D eigenvalue weighted by atomic mass is 10.2. The molecule has 36 heavy (non-hydrogen) atoms. The molecule has 0 spiro atoms. The van der Waals surface area contributed by atoms with Crippen molar-refractivity contribution in [3.8, 4) is 17.1 Å². The number of hydrogen-bond acceptors (Lipinski definition) is 5. The van der Waals surface area contributed by atoms with E-state index >= 15 is 0 Å². The summed E-state index contributed by atoms with van der Waals surface area (Å²) in [5, 5.41) is 7.33. The van der Waals surface area contributed by atoms with Gasteiger partial charge in [0.15, 0.2) is 5.82 Å². The molecule has 182 valence electrons. The molecule has 1 aromatic heterocycles. The van der Waals surface area contributed by atoms with Crippen LogP contribution in [0, 0.1) is 5.82 Å². The molecule has 2 heterocycles. The van der Waals surface area contributed by atoms with Gasteiger partial charge in [-0.15, -0.1) is 5.10 Å². The Hall–Kier alpha value is -4.37. The van der Waals surface area contributed by atoms with Crippen LogP contribution in [0.3, 0.4) is 0 Å². The molecule has 8 nitrogen and oxygen atoms in total. The Morgan fingerprint density at radius 3 is 2.14 bits per heavy atom. The van der Waals surface area contributed by atoms with Gasteiger partial charge in [0.25, 0.3) is 5.91 Å². The average molecular weight is 485 g/mol. The fourth-order valence-corrected chi connectivity index (χ4v) is 4.11. The zero-order chi connectivity index (χ0) is 24.9. The van der Waals surface area contributed by atoms with Crippen molar-refractivity contribution in [2.24, 2.45) is 0 Å². The SMILES string of the molecule is O=C(CN1CCN(C(=O)c2nc(-c3ccccc3)n(-c3ccccc3)n2)CC1)Nc1ccc(F)cc1. The molecule has 1 aliphatic rings. The molecule has 0 radical (unpaired) electrons. The second-order valence-electron chi connectivity index (χ2n) is 8.50. The molecule has 0 aliphatic carbocycles. The summed E-state index contributed by atoms with van der Waals surface area (Å²) in [6, 6.07) is 24.9. The number of aromatic nitrogens is 3. The molecule has 0 bridgehead atoms. The van der Waals surface area contributed by atoms with Gasteiger partial charge in [-0.3, -0.25) is 14.5 Å². The number of anilines is 1. The molecular formula is C27H25FN6O2. The van der Waals surface area contributed by atoms with E-state index in [1.165, 1.54) is 24.3 Å². The van der Waals surface area contributed by atoms with Gasteiger partial charge in [0.05, 0.1) is 12.2 Å². The summed E-state index contributed by atoms with van der Waals surface area (Å²) in [5.74, 6) is -0.0383. The standard InChI is InChI=1S/C27H25FN6O2/c28-21-11-13-22(14-12-21)29-24(35)19-32-15-17-33(18-16-32)27(36)25-30-26(20-7-3-1-4-8-20)34(31-25)23-9-5-2-6-10-23/h1-14H,15-19H2,(H,29,35). The van der Waals surface area contributed by atoms with Crippen LogP contribution in [0.1, 0.15) is 10.6 Å². The number of carbonyl (C=O) groups excluding carboxylic acids is 2. The summed E-state index contributed by atoms with van der Waals surface area (Å²) >= 11 is 0. The van der Waals surface area contributed by atoms with Crippen molar-refractivity contribution in [2.45, 2.75) is 0 Å². The molecule has 1 aliphatic heterocycles. The minimum atomic E-state index is -0.354. The van der Waals surface area contributed by atoms with Crippen molar-refractivity contribution in [3.63, 3.8) is 0 Å². The molecule has 1 fully saturated rings. The van der Waals surface area contributed by atoms with E-state index in [1.807, 2.05) is 65.6 Å². The molecule has 0 unspecified atom stereocenters. The van der Waals surface area contributed by atoms with Crippen molar-refractivity contribution in [1.82, 2.24) is 24.6 Å². The Morgan fingerprint density at radius 2 is 1.47 bits per heavy atom. The Bertz CT molecular complexity index is 1280. The van der Waals surface area contributed by atoms with E-state index in [-0.39, 0.29) is 30.0 Å². The summed E-state index contributed by atoms with van der Waals surface area (Å²) < 4.78 is 14.7. The van der Waals surface area contributed by atoms with Crippen LogP contribution < -0.4 is 5.32 Å². The maximum Gasteiger partial charge on any atom is 0.293 e. The second kappa shape index (κ2) is 10.5. The largest absolute Gasteiger partial charge is 0.333 e. The van der Waals surface area contributed by atoms with Crippen LogP contribution in [0.4, 0.5) is 10.1 Å². The van der Waals surface area contributed by atoms with Gasteiger partial charge in [-0.2, -0.15) is 0 Å². The maximum atomic E-state index is 13.3. The number of benzene rings is 3. The van der Waals surface area contributed by atoms with Crippen molar-refractivity contribution in [3.05, 3.63) is 96.6 Å². The molecule has 1 N–H and O–H groups in total. The third kappa shape index (κ3) is 5.31. The quantitative estimate of drug-likeness (QED) is 0.453. The highest BCUT2D eigenvalue weighted by atomic mass is 19.1. The summed E-state index contributed by atoms with van der Waals surface area (Å²) in [6.07, 6.45) is 0. The predicted molar refractivity (Wildman–Crippen MR) is 134 cm³/mol. The van der Waals surface area contributed by atoms with Crippen molar-refractivity contribution < 1.29 is 14.0 Å². The van der Waals surface area contributed by atoms with Crippen LogP contribution in [0.5, 0.6) is 0 Å². The van der Waals surface area contributed by atoms with Gasteiger partial charge in [-0.1, -0.05) is 48.5 Å². The third-order valence-corrected chi connectivity index (χ3v) is 5.99. The first kappa shape index (κ1) is 23.4. The molecule has 3 aromatic carbocycles. The molecule has 9 heteroatoms. The van der Waals surface area contributed by atoms with Crippen LogP contribution in [0.15, 0.2) is 84.9 Å². The number of amides is 2. The number of hydrogen-bond donors (Lipinski definition) is 1. The van der Waals surface area contributed by atoms with Crippen LogP contribution in [-0.4, -0.2) is 69.1 Å². The molecule has 4 aromatic rings. The van der Waals surface area contributed by atoms with Gasteiger partial charge in [0, 0.05) is 37.4 Å². The van der Waals surface area contributed by atoms with Gasteiger partial charge in [-0.05, 0) is 36.4 Å². The third-order valence-electron chi connectivity index (χ3n) is 5.99. The predicted octanol–water partition coefficient (Wildman–Crippen LogP) is 3.47. The lowest BCUT2D eigenvalue weighted by Gasteiger charge is -2.33. The summed E-state index contributed by atoms with van der Waals surface area (Å²) in [7, 11) is 0. The Morgan fingerprint density at radius 1 is 0.833 bits per heavy atom. The molecule has 1 saturated heterocycles. The van der Waals surface area contributed by atoms with Gasteiger partial charge in [-0.25, -0.2) is 14.1 Å². The number of para-hydroxylation sites is 1. The summed E-state index contributed by atoms with van der Waals surface area (Å²) in [5.41, 5.74) is 2.23. The Kier molecular flexibility index (Phi) is 6.81. The Labute approximate surface area is 208 Å². The lowest BCUT2D eigenvalue weighted by molar-refractivity contribution is -0.117. The van der Waals surface area contributed by atoms with Crippen LogP contribution in [0.2, 0.25) is 0 Å². The minimum Gasteiger partial charge on any atom is -0.333 e. The van der Waals surface area contributed by atoms with Crippen molar-refractivity contribution in [1.29, 1.82) is 0 Å². The topological polar surface area (TPSA) is 83.4 Å². The first-order valence-electron chi connectivity index (χ1n) is 11.7. The van der Waals surface area contributed by atoms with Gasteiger partial charge in [0.2, 0.25) is 11.7 Å². The number of nitrogens with one attached hydrogen (secondary N) is 1. The van der Waals surface area contributed by atoms with Crippen LogP contribution >= 0.6 is 0 Å². The zero-order valence-electron chi connectivity index (χ0n) is 19.5. The zero-order valence-corrected chi connectivity index (χ0v) is 19.5. The molecule has 5 rings (SSSR count). The van der Waals surface area contributed by atoms with Gasteiger partial charge >= 0.3 is 0 Å². The number of nitrogens with zero attached hydrogens (tertiary/aromatic N) is 5. The lowest BCUT2D eigenvalue weighted by Crippen LogP contribution is -2.50. The fourth-order valence-electron chi connectivity index (χ4n) is 4.11. The van der Waals surface area contributed by atoms with Gasteiger partial charge < -0.3 is 10.2 Å². The molecular weight excluding hydrogens is 459 g/mol. The van der Waals surface area contributed by atoms with Crippen molar-refractivity contribution >= 4 is 17.5 Å². The van der Waals surface area contributed by atoms with Crippen LogP contribution in [0.25, 0.3) is 17.1 Å². The minimum absolute atomic E-state index is 0.139. The van der Waals surface area contributed by atoms with E-state index in [1.54, 1.807) is 9.58 Å². The van der Waals surface area contributed by atoms with Gasteiger partial charge in [0.1, 0.15) is 5.82 Å². The first-order valence-corrected chi connectivity index (χ1v) is 11.7. The molecule has 2 amide bonds. The number of rotatable bonds is 6.